The Morgan fingerprint density at radius 2 is 2.35 bits per heavy atom. The van der Waals surface area contributed by atoms with Crippen molar-refractivity contribution in [3.63, 3.8) is 0 Å². The Balaban J connectivity index is 1.65. The molecule has 2 aromatic rings. The van der Waals surface area contributed by atoms with Crippen LogP contribution in [0.3, 0.4) is 0 Å². The minimum Gasteiger partial charge on any atom is -0.376 e. The average Bonchev–Trinajstić information content (AvgIpc) is 3.14. The Morgan fingerprint density at radius 1 is 1.43 bits per heavy atom. The molecule has 1 fully saturated rings. The zero-order valence-corrected chi connectivity index (χ0v) is 13.4. The molecule has 122 valence electrons. The topological polar surface area (TPSA) is 60.2 Å². The first-order valence-corrected chi connectivity index (χ1v) is 8.15. The van der Waals surface area contributed by atoms with E-state index >= 15 is 0 Å². The Morgan fingerprint density at radius 3 is 3.04 bits per heavy atom. The molecule has 0 aromatic carbocycles. The summed E-state index contributed by atoms with van der Waals surface area (Å²) in [4.78, 5) is 18.8. The van der Waals surface area contributed by atoms with Gasteiger partial charge in [0.1, 0.15) is 0 Å². The van der Waals surface area contributed by atoms with Crippen LogP contribution in [0.5, 0.6) is 0 Å². The van der Waals surface area contributed by atoms with E-state index in [0.29, 0.717) is 17.9 Å². The Labute approximate surface area is 136 Å². The Kier molecular flexibility index (Phi) is 5.02. The fraction of sp³-hybridized carbons (Fsp3) is 0.471. The number of likely N-dealkylation sites (tertiary alicyclic amines) is 1. The summed E-state index contributed by atoms with van der Waals surface area (Å²) < 4.78 is 7.47. The van der Waals surface area contributed by atoms with Crippen molar-refractivity contribution in [3.05, 3.63) is 42.4 Å². The van der Waals surface area contributed by atoms with Gasteiger partial charge in [-0.25, -0.2) is 9.67 Å². The molecular formula is C17H22N4O2. The van der Waals surface area contributed by atoms with E-state index < -0.39 is 0 Å². The molecule has 0 bridgehead atoms. The second kappa shape index (κ2) is 7.37. The van der Waals surface area contributed by atoms with Crippen LogP contribution in [-0.2, 0) is 4.74 Å². The monoisotopic (exact) mass is 314 g/mol. The van der Waals surface area contributed by atoms with Crippen LogP contribution in [0.4, 0.5) is 0 Å². The molecule has 0 saturated carbocycles. The van der Waals surface area contributed by atoms with Crippen LogP contribution < -0.4 is 0 Å². The molecule has 0 radical (unpaired) electrons. The van der Waals surface area contributed by atoms with Crippen molar-refractivity contribution in [2.24, 2.45) is 0 Å². The number of amides is 1. The predicted molar refractivity (Wildman–Crippen MR) is 86.5 cm³/mol. The summed E-state index contributed by atoms with van der Waals surface area (Å²) >= 11 is 0. The molecule has 3 heterocycles. The highest BCUT2D eigenvalue weighted by Crippen LogP contribution is 2.16. The third-order valence-electron chi connectivity index (χ3n) is 3.96. The number of piperidine rings is 1. The maximum Gasteiger partial charge on any atom is 0.255 e. The second-order valence-corrected chi connectivity index (χ2v) is 5.74. The highest BCUT2D eigenvalue weighted by molar-refractivity contribution is 5.94. The van der Waals surface area contributed by atoms with Crippen molar-refractivity contribution in [1.82, 2.24) is 19.7 Å². The Bertz CT molecular complexity index is 625. The van der Waals surface area contributed by atoms with Crippen molar-refractivity contribution < 1.29 is 9.53 Å². The van der Waals surface area contributed by atoms with Gasteiger partial charge in [-0.05, 0) is 37.5 Å². The predicted octanol–water partition coefficient (Wildman–Crippen LogP) is 2.30. The van der Waals surface area contributed by atoms with Gasteiger partial charge in [-0.2, -0.15) is 5.10 Å². The molecule has 6 heteroatoms. The number of carbonyl (C=O) groups excluding carboxylic acids is 1. The molecule has 6 nitrogen and oxygen atoms in total. The van der Waals surface area contributed by atoms with Crippen molar-refractivity contribution in [1.29, 1.82) is 0 Å². The molecule has 0 N–H and O–H groups in total. The smallest absolute Gasteiger partial charge is 0.255 e. The average molecular weight is 314 g/mol. The van der Waals surface area contributed by atoms with Gasteiger partial charge in [-0.3, -0.25) is 4.79 Å². The zero-order chi connectivity index (χ0) is 16.1. The first-order chi connectivity index (χ1) is 11.3. The van der Waals surface area contributed by atoms with Gasteiger partial charge in [0.15, 0.2) is 5.82 Å². The summed E-state index contributed by atoms with van der Waals surface area (Å²) in [6, 6.07) is 5.46. The minimum atomic E-state index is 0.0225. The largest absolute Gasteiger partial charge is 0.376 e. The number of aromatic nitrogens is 3. The van der Waals surface area contributed by atoms with E-state index in [2.05, 4.69) is 17.0 Å². The highest BCUT2D eigenvalue weighted by Gasteiger charge is 2.25. The maximum atomic E-state index is 12.6. The van der Waals surface area contributed by atoms with E-state index in [-0.39, 0.29) is 12.0 Å². The van der Waals surface area contributed by atoms with Crippen LogP contribution in [-0.4, -0.2) is 51.4 Å². The lowest BCUT2D eigenvalue weighted by atomic mass is 10.1. The summed E-state index contributed by atoms with van der Waals surface area (Å²) in [6.45, 7) is 4.30. The second-order valence-electron chi connectivity index (χ2n) is 5.74. The van der Waals surface area contributed by atoms with E-state index in [1.54, 1.807) is 17.1 Å². The quantitative estimate of drug-likeness (QED) is 0.849. The Hall–Kier alpha value is -2.21. The molecule has 0 spiro atoms. The fourth-order valence-corrected chi connectivity index (χ4v) is 2.78. The van der Waals surface area contributed by atoms with Crippen LogP contribution in [0, 0.1) is 0 Å². The first kappa shape index (κ1) is 15.7. The summed E-state index contributed by atoms with van der Waals surface area (Å²) in [6.07, 6.45) is 8.32. The normalized spacial score (nSPS) is 18.1. The van der Waals surface area contributed by atoms with Crippen LogP contribution in [0.2, 0.25) is 0 Å². The number of pyridine rings is 1. The molecule has 0 aliphatic carbocycles. The van der Waals surface area contributed by atoms with Gasteiger partial charge in [0.05, 0.1) is 11.7 Å². The summed E-state index contributed by atoms with van der Waals surface area (Å²) in [5.41, 5.74) is 0.608. The first-order valence-electron chi connectivity index (χ1n) is 8.15. The standard InChI is InChI=1S/C17H22N4O2/c1-2-11-23-15-5-3-9-20(13-15)17(22)14-6-7-16(18-12-14)21-10-4-8-19-21/h4,6-8,10,12,15H,2-3,5,9,11,13H2,1H3/t15-/m0/s1. The van der Waals surface area contributed by atoms with E-state index in [9.17, 15) is 4.79 Å². The van der Waals surface area contributed by atoms with Crippen LogP contribution >= 0.6 is 0 Å². The number of carbonyl (C=O) groups is 1. The molecular weight excluding hydrogens is 292 g/mol. The van der Waals surface area contributed by atoms with Gasteiger partial charge in [0.25, 0.3) is 5.91 Å². The van der Waals surface area contributed by atoms with E-state index in [4.69, 9.17) is 4.74 Å². The maximum absolute atomic E-state index is 12.6. The molecule has 0 unspecified atom stereocenters. The zero-order valence-electron chi connectivity index (χ0n) is 13.4. The number of hydrogen-bond donors (Lipinski definition) is 0. The molecule has 1 aliphatic rings. The van der Waals surface area contributed by atoms with Gasteiger partial charge >= 0.3 is 0 Å². The summed E-state index contributed by atoms with van der Waals surface area (Å²) in [5, 5.41) is 4.13. The molecule has 1 saturated heterocycles. The molecule has 23 heavy (non-hydrogen) atoms. The van der Waals surface area contributed by atoms with Gasteiger partial charge in [0, 0.05) is 38.3 Å². The number of ether oxygens (including phenoxy) is 1. The van der Waals surface area contributed by atoms with Crippen molar-refractivity contribution in [2.75, 3.05) is 19.7 Å². The molecule has 1 atom stereocenters. The number of hydrogen-bond acceptors (Lipinski definition) is 4. The lowest BCUT2D eigenvalue weighted by Crippen LogP contribution is -2.43. The lowest BCUT2D eigenvalue weighted by molar-refractivity contribution is 0.00210. The molecule has 1 aliphatic heterocycles. The van der Waals surface area contributed by atoms with Gasteiger partial charge in [0.2, 0.25) is 0 Å². The fourth-order valence-electron chi connectivity index (χ4n) is 2.78. The van der Waals surface area contributed by atoms with E-state index in [1.807, 2.05) is 29.3 Å². The molecule has 1 amide bonds. The number of rotatable bonds is 5. The lowest BCUT2D eigenvalue weighted by Gasteiger charge is -2.32. The SMILES string of the molecule is CCCO[C@H]1CCCN(C(=O)c2ccc(-n3cccn3)nc2)C1. The van der Waals surface area contributed by atoms with Gasteiger partial charge < -0.3 is 9.64 Å². The van der Waals surface area contributed by atoms with Crippen molar-refractivity contribution in [3.8, 4) is 5.82 Å². The van der Waals surface area contributed by atoms with Crippen LogP contribution in [0.25, 0.3) is 5.82 Å². The molecule has 3 rings (SSSR count). The summed E-state index contributed by atoms with van der Waals surface area (Å²) in [7, 11) is 0. The number of nitrogens with zero attached hydrogens (tertiary/aromatic N) is 4. The third-order valence-corrected chi connectivity index (χ3v) is 3.96. The highest BCUT2D eigenvalue weighted by atomic mass is 16.5. The van der Waals surface area contributed by atoms with E-state index in [1.165, 1.54) is 0 Å². The van der Waals surface area contributed by atoms with Gasteiger partial charge in [-0.15, -0.1) is 0 Å². The van der Waals surface area contributed by atoms with Crippen LogP contribution in [0.15, 0.2) is 36.8 Å². The van der Waals surface area contributed by atoms with E-state index in [0.717, 1.165) is 32.4 Å². The minimum absolute atomic E-state index is 0.0225. The summed E-state index contributed by atoms with van der Waals surface area (Å²) in [5.74, 6) is 0.726. The third kappa shape index (κ3) is 3.76. The van der Waals surface area contributed by atoms with Crippen molar-refractivity contribution >= 4 is 5.91 Å². The van der Waals surface area contributed by atoms with Crippen LogP contribution in [0.1, 0.15) is 36.5 Å². The van der Waals surface area contributed by atoms with Gasteiger partial charge in [-0.1, -0.05) is 6.92 Å². The molecule has 2 aromatic heterocycles. The van der Waals surface area contributed by atoms with Crippen molar-refractivity contribution in [2.45, 2.75) is 32.3 Å².